The number of carbonyl (C=O) groups excluding carboxylic acids is 1. The zero-order chi connectivity index (χ0) is 16.6. The average molecular weight is 373 g/mol. The fourth-order valence-corrected chi connectivity index (χ4v) is 4.16. The Bertz CT molecular complexity index is 760. The van der Waals surface area contributed by atoms with Gasteiger partial charge in [-0.2, -0.15) is 0 Å². The quantitative estimate of drug-likeness (QED) is 0.801. The van der Waals surface area contributed by atoms with Crippen LogP contribution in [0.4, 0.5) is 0 Å². The normalized spacial score (nSPS) is 23.9. The molecule has 2 heterocycles. The van der Waals surface area contributed by atoms with Gasteiger partial charge in [0.2, 0.25) is 5.91 Å². The molecule has 132 valence electrons. The standard InChI is InChI=1S/C15H20N4O3S.ClH/c1-10(15(20)19(2)11-7-8-16-9-11)17-14-12-5-3-4-6-13(12)23(21,22)18-14;/h3-6,10-11,16H,7-9H2,1-2H3,(H,17,18);1H. The van der Waals surface area contributed by atoms with Gasteiger partial charge in [0.25, 0.3) is 10.0 Å². The maximum Gasteiger partial charge on any atom is 0.263 e. The first kappa shape index (κ1) is 18.7. The van der Waals surface area contributed by atoms with E-state index in [2.05, 4.69) is 15.0 Å². The number of fused-ring (bicyclic) bond motifs is 1. The predicted octanol–water partition coefficient (Wildman–Crippen LogP) is 0.356. The summed E-state index contributed by atoms with van der Waals surface area (Å²) >= 11 is 0. The number of halogens is 1. The van der Waals surface area contributed by atoms with Gasteiger partial charge in [-0.15, -0.1) is 12.4 Å². The molecule has 3 rings (SSSR count). The highest BCUT2D eigenvalue weighted by atomic mass is 35.5. The Morgan fingerprint density at radius 2 is 2.08 bits per heavy atom. The third-order valence-electron chi connectivity index (χ3n) is 4.27. The lowest BCUT2D eigenvalue weighted by molar-refractivity contribution is -0.132. The monoisotopic (exact) mass is 372 g/mol. The molecule has 0 bridgehead atoms. The minimum absolute atomic E-state index is 0. The molecule has 2 aliphatic heterocycles. The summed E-state index contributed by atoms with van der Waals surface area (Å²) in [6.45, 7) is 3.36. The number of nitrogens with one attached hydrogen (secondary N) is 2. The fraction of sp³-hybridized carbons (Fsp3) is 0.467. The van der Waals surface area contributed by atoms with E-state index in [9.17, 15) is 13.2 Å². The van der Waals surface area contributed by atoms with Gasteiger partial charge in [-0.25, -0.2) is 8.42 Å². The van der Waals surface area contributed by atoms with Crippen LogP contribution in [0.2, 0.25) is 0 Å². The predicted molar refractivity (Wildman–Crippen MR) is 94.1 cm³/mol. The van der Waals surface area contributed by atoms with Crippen LogP contribution < -0.4 is 10.0 Å². The lowest BCUT2D eigenvalue weighted by atomic mass is 10.2. The second kappa shape index (κ2) is 7.08. The van der Waals surface area contributed by atoms with Crippen molar-refractivity contribution in [2.45, 2.75) is 30.3 Å². The molecule has 1 fully saturated rings. The molecule has 0 radical (unpaired) electrons. The van der Waals surface area contributed by atoms with Gasteiger partial charge in [-0.05, 0) is 32.0 Å². The first-order valence-corrected chi connectivity index (χ1v) is 9.06. The Labute approximate surface area is 148 Å². The van der Waals surface area contributed by atoms with E-state index in [0.717, 1.165) is 19.5 Å². The maximum absolute atomic E-state index is 12.5. The molecule has 1 aromatic rings. The van der Waals surface area contributed by atoms with Crippen molar-refractivity contribution in [1.82, 2.24) is 14.9 Å². The Kier molecular flexibility index (Phi) is 5.52. The van der Waals surface area contributed by atoms with Crippen LogP contribution >= 0.6 is 12.4 Å². The number of aliphatic imine (C=N–C) groups is 1. The second-order valence-corrected chi connectivity index (χ2v) is 7.50. The molecule has 1 amide bonds. The van der Waals surface area contributed by atoms with E-state index in [4.69, 9.17) is 0 Å². The van der Waals surface area contributed by atoms with E-state index in [1.807, 2.05) is 0 Å². The summed E-state index contributed by atoms with van der Waals surface area (Å²) in [5.41, 5.74) is 0.511. The van der Waals surface area contributed by atoms with E-state index < -0.39 is 16.1 Å². The van der Waals surface area contributed by atoms with Crippen LogP contribution in [0.15, 0.2) is 34.2 Å². The lowest BCUT2D eigenvalue weighted by Crippen LogP contribution is -2.43. The number of likely N-dealkylation sites (N-methyl/N-ethyl adjacent to an activating group) is 1. The Morgan fingerprint density at radius 3 is 2.75 bits per heavy atom. The summed E-state index contributed by atoms with van der Waals surface area (Å²) in [4.78, 5) is 18.7. The van der Waals surface area contributed by atoms with Gasteiger partial charge >= 0.3 is 0 Å². The molecule has 7 nitrogen and oxygen atoms in total. The van der Waals surface area contributed by atoms with Crippen molar-refractivity contribution in [1.29, 1.82) is 0 Å². The number of carbonyl (C=O) groups is 1. The van der Waals surface area contributed by atoms with E-state index >= 15 is 0 Å². The number of amidine groups is 1. The van der Waals surface area contributed by atoms with Crippen molar-refractivity contribution in [3.63, 3.8) is 0 Å². The van der Waals surface area contributed by atoms with Gasteiger partial charge < -0.3 is 10.2 Å². The number of rotatable bonds is 3. The number of nitrogens with zero attached hydrogens (tertiary/aromatic N) is 2. The average Bonchev–Trinajstić information content (AvgIpc) is 3.14. The van der Waals surface area contributed by atoms with Crippen LogP contribution in [0, 0.1) is 0 Å². The Morgan fingerprint density at radius 1 is 1.38 bits per heavy atom. The molecular formula is C15H21ClN4O3S. The van der Waals surface area contributed by atoms with E-state index in [1.54, 1.807) is 37.1 Å². The molecule has 9 heteroatoms. The molecule has 0 spiro atoms. The van der Waals surface area contributed by atoms with Crippen LogP contribution in [0.25, 0.3) is 0 Å². The van der Waals surface area contributed by atoms with E-state index in [0.29, 0.717) is 5.56 Å². The van der Waals surface area contributed by atoms with Gasteiger partial charge in [-0.3, -0.25) is 14.5 Å². The number of sulfonamides is 1. The maximum atomic E-state index is 12.5. The molecule has 24 heavy (non-hydrogen) atoms. The molecule has 2 unspecified atom stereocenters. The molecule has 1 saturated heterocycles. The second-order valence-electron chi connectivity index (χ2n) is 5.85. The van der Waals surface area contributed by atoms with Crippen molar-refractivity contribution in [3.05, 3.63) is 29.8 Å². The van der Waals surface area contributed by atoms with Gasteiger partial charge in [0.1, 0.15) is 11.9 Å². The van der Waals surface area contributed by atoms with Crippen LogP contribution in [-0.4, -0.2) is 57.3 Å². The molecule has 2 atom stereocenters. The van der Waals surface area contributed by atoms with Gasteiger partial charge in [0.15, 0.2) is 0 Å². The Hall–Kier alpha value is -1.64. The SMILES string of the molecule is CC(N=C1NS(=O)(=O)c2ccccc21)C(=O)N(C)C1CCNC1.Cl. The highest BCUT2D eigenvalue weighted by Gasteiger charge is 2.32. The van der Waals surface area contributed by atoms with Gasteiger partial charge in [0, 0.05) is 25.2 Å². The summed E-state index contributed by atoms with van der Waals surface area (Å²) in [7, 11) is -1.81. The van der Waals surface area contributed by atoms with Crippen LogP contribution in [-0.2, 0) is 14.8 Å². The number of hydrogen-bond donors (Lipinski definition) is 2. The summed E-state index contributed by atoms with van der Waals surface area (Å²) in [5.74, 6) is 0.120. The summed E-state index contributed by atoms with van der Waals surface area (Å²) in [5, 5.41) is 3.22. The van der Waals surface area contributed by atoms with Gasteiger partial charge in [0.05, 0.1) is 4.90 Å². The molecule has 0 aromatic heterocycles. The van der Waals surface area contributed by atoms with Crippen LogP contribution in [0.3, 0.4) is 0 Å². The van der Waals surface area contributed by atoms with Crippen molar-refractivity contribution in [2.75, 3.05) is 20.1 Å². The van der Waals surface area contributed by atoms with Crippen molar-refractivity contribution < 1.29 is 13.2 Å². The fourth-order valence-electron chi connectivity index (χ4n) is 2.92. The highest BCUT2D eigenvalue weighted by molar-refractivity contribution is 7.90. The summed E-state index contributed by atoms with van der Waals surface area (Å²) in [6, 6.07) is 6.15. The zero-order valence-corrected chi connectivity index (χ0v) is 15.2. The lowest BCUT2D eigenvalue weighted by Gasteiger charge is -2.25. The Balaban J connectivity index is 0.00000208. The zero-order valence-electron chi connectivity index (χ0n) is 13.5. The molecular weight excluding hydrogens is 352 g/mol. The van der Waals surface area contributed by atoms with E-state index in [1.165, 1.54) is 6.07 Å². The molecule has 0 saturated carbocycles. The smallest absolute Gasteiger partial charge is 0.263 e. The minimum atomic E-state index is -3.58. The first-order chi connectivity index (χ1) is 10.9. The molecule has 2 N–H and O–H groups in total. The van der Waals surface area contributed by atoms with Crippen LogP contribution in [0.5, 0.6) is 0 Å². The number of amides is 1. The van der Waals surface area contributed by atoms with Crippen LogP contribution in [0.1, 0.15) is 18.9 Å². The summed E-state index contributed by atoms with van der Waals surface area (Å²) in [6.07, 6.45) is 0.918. The largest absolute Gasteiger partial charge is 0.340 e. The third-order valence-corrected chi connectivity index (χ3v) is 5.67. The molecule has 0 aliphatic carbocycles. The third kappa shape index (κ3) is 3.40. The number of benzene rings is 1. The van der Waals surface area contributed by atoms with E-state index in [-0.39, 0.29) is 35.1 Å². The first-order valence-electron chi connectivity index (χ1n) is 7.57. The van der Waals surface area contributed by atoms with Crippen molar-refractivity contribution in [3.8, 4) is 0 Å². The molecule has 2 aliphatic rings. The number of hydrogen-bond acceptors (Lipinski definition) is 5. The van der Waals surface area contributed by atoms with Gasteiger partial charge in [-0.1, -0.05) is 12.1 Å². The van der Waals surface area contributed by atoms with Crippen molar-refractivity contribution >= 4 is 34.2 Å². The topological polar surface area (TPSA) is 90.9 Å². The highest BCUT2D eigenvalue weighted by Crippen LogP contribution is 2.22. The minimum Gasteiger partial charge on any atom is -0.340 e. The molecule has 1 aromatic carbocycles. The van der Waals surface area contributed by atoms with Crippen molar-refractivity contribution in [2.24, 2.45) is 4.99 Å². The summed E-state index contributed by atoms with van der Waals surface area (Å²) < 4.78 is 26.6.